The second-order valence-corrected chi connectivity index (χ2v) is 6.63. The first-order valence-corrected chi connectivity index (χ1v) is 8.52. The number of aliphatic hydroxyl groups is 1. The average molecular weight is 309 g/mol. The van der Waals surface area contributed by atoms with Gasteiger partial charge in [-0.2, -0.15) is 11.8 Å². The van der Waals surface area contributed by atoms with E-state index < -0.39 is 0 Å². The van der Waals surface area contributed by atoms with Crippen LogP contribution in [-0.2, 0) is 0 Å². The minimum Gasteiger partial charge on any atom is -0.489 e. The van der Waals surface area contributed by atoms with Crippen LogP contribution in [0.25, 0.3) is 0 Å². The molecule has 1 aromatic carbocycles. The van der Waals surface area contributed by atoms with Crippen molar-refractivity contribution in [3.05, 3.63) is 29.3 Å². The maximum Gasteiger partial charge on any atom is 0.255 e. The molecule has 0 bridgehead atoms. The maximum atomic E-state index is 12.5. The average Bonchev–Trinajstić information content (AvgIpc) is 2.75. The van der Waals surface area contributed by atoms with Crippen molar-refractivity contribution in [1.29, 1.82) is 0 Å². The summed E-state index contributed by atoms with van der Waals surface area (Å²) in [7, 11) is 0. The zero-order valence-corrected chi connectivity index (χ0v) is 13.7. The Morgan fingerprint density at radius 1 is 1.48 bits per heavy atom. The van der Waals surface area contributed by atoms with Gasteiger partial charge in [0.25, 0.3) is 5.91 Å². The molecule has 4 atom stereocenters. The van der Waals surface area contributed by atoms with Gasteiger partial charge in [-0.25, -0.2) is 0 Å². The smallest absolute Gasteiger partial charge is 0.255 e. The third-order valence-corrected chi connectivity index (χ3v) is 5.35. The van der Waals surface area contributed by atoms with E-state index in [1.165, 1.54) is 0 Å². The van der Waals surface area contributed by atoms with Crippen LogP contribution in [0.1, 0.15) is 42.6 Å². The molecule has 2 rings (SSSR count). The van der Waals surface area contributed by atoms with Gasteiger partial charge in [-0.1, -0.05) is 19.1 Å². The summed E-state index contributed by atoms with van der Waals surface area (Å²) >= 11 is 1.55. The molecule has 0 saturated carbocycles. The third-order valence-electron chi connectivity index (χ3n) is 4.19. The van der Waals surface area contributed by atoms with E-state index >= 15 is 0 Å². The van der Waals surface area contributed by atoms with E-state index in [4.69, 9.17) is 4.74 Å². The number of carbonyl (C=O) groups excluding carboxylic acids is 1. The summed E-state index contributed by atoms with van der Waals surface area (Å²) in [6.07, 6.45) is 2.01. The number of amides is 1. The highest BCUT2D eigenvalue weighted by molar-refractivity contribution is 7.99. The maximum absolute atomic E-state index is 12.5. The predicted molar refractivity (Wildman–Crippen MR) is 86.3 cm³/mol. The molecule has 1 aromatic rings. The van der Waals surface area contributed by atoms with Crippen LogP contribution < -0.4 is 10.1 Å². The monoisotopic (exact) mass is 309 g/mol. The molecule has 0 fully saturated rings. The summed E-state index contributed by atoms with van der Waals surface area (Å²) in [6.45, 7) is 6.07. The van der Waals surface area contributed by atoms with Crippen LogP contribution in [0.3, 0.4) is 0 Å². The molecule has 1 aliphatic heterocycles. The van der Waals surface area contributed by atoms with Gasteiger partial charge < -0.3 is 15.2 Å². The van der Waals surface area contributed by atoms with Crippen molar-refractivity contribution in [3.8, 4) is 5.75 Å². The Morgan fingerprint density at radius 3 is 2.81 bits per heavy atom. The zero-order valence-electron chi connectivity index (χ0n) is 12.9. The topological polar surface area (TPSA) is 58.6 Å². The fourth-order valence-corrected chi connectivity index (χ4v) is 3.20. The van der Waals surface area contributed by atoms with Crippen LogP contribution in [-0.4, -0.2) is 41.3 Å². The highest BCUT2D eigenvalue weighted by Gasteiger charge is 2.31. The molecule has 0 spiro atoms. The molecule has 2 N–H and O–H groups in total. The zero-order chi connectivity index (χ0) is 15.6. The molecule has 1 heterocycles. The number of aliphatic hydroxyl groups excluding tert-OH is 1. The van der Waals surface area contributed by atoms with Crippen LogP contribution in [0, 0.1) is 0 Å². The van der Waals surface area contributed by atoms with Gasteiger partial charge in [-0.15, -0.1) is 0 Å². The number of nitrogens with one attached hydrogen (secondary N) is 1. The van der Waals surface area contributed by atoms with E-state index in [9.17, 15) is 9.90 Å². The summed E-state index contributed by atoms with van der Waals surface area (Å²) in [5.41, 5.74) is 1.67. The van der Waals surface area contributed by atoms with Crippen molar-refractivity contribution in [2.75, 3.05) is 12.9 Å². The number of para-hydroxylation sites is 1. The highest BCUT2D eigenvalue weighted by Crippen LogP contribution is 2.40. The van der Waals surface area contributed by atoms with Gasteiger partial charge in [-0.05, 0) is 26.2 Å². The summed E-state index contributed by atoms with van der Waals surface area (Å²) in [4.78, 5) is 12.5. The number of hydrogen-bond donors (Lipinski definition) is 2. The quantitative estimate of drug-likeness (QED) is 0.877. The standard InChI is InChI=1S/C16H23NO3S/c1-9-11(3)20-15-12(9)6-5-7-13(15)16(19)17-10(2)14(8-18)21-4/h5-7,9-11,14,18H,8H2,1-4H3,(H,17,19). The van der Waals surface area contributed by atoms with Crippen LogP contribution in [0.5, 0.6) is 5.75 Å². The van der Waals surface area contributed by atoms with Crippen molar-refractivity contribution in [2.45, 2.75) is 44.1 Å². The minimum atomic E-state index is -0.145. The third kappa shape index (κ3) is 3.19. The molecule has 0 saturated heterocycles. The number of hydrogen-bond acceptors (Lipinski definition) is 4. The molecular formula is C16H23NO3S. The molecule has 5 heteroatoms. The molecule has 4 unspecified atom stereocenters. The van der Waals surface area contributed by atoms with Crippen molar-refractivity contribution in [3.63, 3.8) is 0 Å². The summed E-state index contributed by atoms with van der Waals surface area (Å²) < 4.78 is 5.85. The molecule has 1 aliphatic rings. The Hall–Kier alpha value is -1.20. The second kappa shape index (κ2) is 6.71. The van der Waals surface area contributed by atoms with Crippen molar-refractivity contribution >= 4 is 17.7 Å². The largest absolute Gasteiger partial charge is 0.489 e. The SMILES string of the molecule is CSC(CO)C(C)NC(=O)c1cccc2c1OC(C)C2C. The lowest BCUT2D eigenvalue weighted by Crippen LogP contribution is -2.41. The lowest BCUT2D eigenvalue weighted by Gasteiger charge is -2.21. The number of carbonyl (C=O) groups is 1. The number of benzene rings is 1. The van der Waals surface area contributed by atoms with Crippen LogP contribution >= 0.6 is 11.8 Å². The van der Waals surface area contributed by atoms with Gasteiger partial charge in [0.2, 0.25) is 0 Å². The lowest BCUT2D eigenvalue weighted by atomic mass is 9.96. The van der Waals surface area contributed by atoms with E-state index in [2.05, 4.69) is 12.2 Å². The normalized spacial score (nSPS) is 23.1. The minimum absolute atomic E-state index is 0.00974. The number of fused-ring (bicyclic) bond motifs is 1. The predicted octanol–water partition coefficient (Wildman–Crippen LogP) is 2.41. The molecular weight excluding hydrogens is 286 g/mol. The first-order chi connectivity index (χ1) is 9.99. The Labute approximate surface area is 130 Å². The number of thioether (sulfide) groups is 1. The van der Waals surface area contributed by atoms with Gasteiger partial charge in [0.15, 0.2) is 0 Å². The second-order valence-electron chi connectivity index (χ2n) is 5.55. The fraction of sp³-hybridized carbons (Fsp3) is 0.562. The Bertz CT molecular complexity index is 516. The number of ether oxygens (including phenoxy) is 1. The van der Waals surface area contributed by atoms with Crippen LogP contribution in [0.4, 0.5) is 0 Å². The molecule has 116 valence electrons. The molecule has 0 radical (unpaired) electrons. The van der Waals surface area contributed by atoms with Gasteiger partial charge in [0.05, 0.1) is 12.2 Å². The van der Waals surface area contributed by atoms with E-state index in [1.807, 2.05) is 32.2 Å². The first kappa shape index (κ1) is 16.2. The van der Waals surface area contributed by atoms with Gasteiger partial charge in [0, 0.05) is 22.8 Å². The van der Waals surface area contributed by atoms with E-state index in [-0.39, 0.29) is 29.9 Å². The Balaban J connectivity index is 2.18. The van der Waals surface area contributed by atoms with E-state index in [0.29, 0.717) is 17.2 Å². The number of rotatable bonds is 5. The first-order valence-electron chi connectivity index (χ1n) is 7.23. The van der Waals surface area contributed by atoms with Crippen molar-refractivity contribution in [2.24, 2.45) is 0 Å². The molecule has 21 heavy (non-hydrogen) atoms. The van der Waals surface area contributed by atoms with Crippen molar-refractivity contribution in [1.82, 2.24) is 5.32 Å². The summed E-state index contributed by atoms with van der Waals surface area (Å²) in [5.74, 6) is 0.849. The van der Waals surface area contributed by atoms with Crippen molar-refractivity contribution < 1.29 is 14.6 Å². The van der Waals surface area contributed by atoms with Gasteiger partial charge in [-0.3, -0.25) is 4.79 Å². The molecule has 1 amide bonds. The Kier molecular flexibility index (Phi) is 5.17. The molecule has 0 aliphatic carbocycles. The van der Waals surface area contributed by atoms with Gasteiger partial charge in [0.1, 0.15) is 11.9 Å². The summed E-state index contributed by atoms with van der Waals surface area (Å²) in [5, 5.41) is 12.3. The van der Waals surface area contributed by atoms with E-state index in [1.54, 1.807) is 17.8 Å². The van der Waals surface area contributed by atoms with E-state index in [0.717, 1.165) is 5.56 Å². The molecule has 0 aromatic heterocycles. The lowest BCUT2D eigenvalue weighted by molar-refractivity contribution is 0.0931. The highest BCUT2D eigenvalue weighted by atomic mass is 32.2. The Morgan fingerprint density at radius 2 is 2.19 bits per heavy atom. The fourth-order valence-electron chi connectivity index (χ4n) is 2.58. The van der Waals surface area contributed by atoms with Crippen LogP contribution in [0.2, 0.25) is 0 Å². The molecule has 4 nitrogen and oxygen atoms in total. The van der Waals surface area contributed by atoms with Gasteiger partial charge >= 0.3 is 0 Å². The summed E-state index contributed by atoms with van der Waals surface area (Å²) in [6, 6.07) is 5.60. The van der Waals surface area contributed by atoms with Crippen LogP contribution in [0.15, 0.2) is 18.2 Å².